The van der Waals surface area contributed by atoms with Gasteiger partial charge in [0.1, 0.15) is 27.8 Å². The molecule has 5 aromatic carbocycles. The van der Waals surface area contributed by atoms with Crippen LogP contribution in [0.5, 0.6) is 5.75 Å². The molecule has 0 fully saturated rings. The van der Waals surface area contributed by atoms with E-state index in [-0.39, 0.29) is 10.8 Å². The van der Waals surface area contributed by atoms with Crippen LogP contribution in [0.3, 0.4) is 0 Å². The van der Waals surface area contributed by atoms with Crippen molar-refractivity contribution in [2.24, 2.45) is 0 Å². The quantitative estimate of drug-likeness (QED) is 0.105. The largest absolute Gasteiger partial charge is 0.542 e. The molecule has 264 valence electrons. The van der Waals surface area contributed by atoms with Crippen molar-refractivity contribution in [2.45, 2.75) is 63.8 Å². The highest BCUT2D eigenvalue weighted by Gasteiger charge is 2.43. The zero-order chi connectivity index (χ0) is 37.1. The fraction of sp³-hybridized carbons (Fsp3) is 0.227. The van der Waals surface area contributed by atoms with Crippen molar-refractivity contribution < 1.29 is 8.82 Å². The number of aromatic nitrogens is 2. The van der Waals surface area contributed by atoms with E-state index in [9.17, 15) is 5.26 Å². The Hall–Kier alpha value is -4.97. The molecule has 8 heteroatoms. The van der Waals surface area contributed by atoms with Gasteiger partial charge in [-0.05, 0) is 93.1 Å². The molecule has 6 rings (SSSR count). The molecule has 0 spiro atoms. The second kappa shape index (κ2) is 14.9. The maximum Gasteiger partial charge on any atom is 0.250 e. The fourth-order valence-electron chi connectivity index (χ4n) is 6.48. The van der Waals surface area contributed by atoms with Gasteiger partial charge in [0.15, 0.2) is 5.82 Å². The molecule has 0 amide bonds. The second-order valence-electron chi connectivity index (χ2n) is 14.6. The van der Waals surface area contributed by atoms with E-state index < -0.39 is 25.7 Å². The summed E-state index contributed by atoms with van der Waals surface area (Å²) in [6, 6.07) is 43.5. The zero-order valence-corrected chi connectivity index (χ0v) is 33.1. The summed E-state index contributed by atoms with van der Waals surface area (Å²) in [6.07, 6.45) is 2.68. The van der Waals surface area contributed by atoms with E-state index in [1.165, 1.54) is 0 Å². The molecule has 1 N–H and O–H groups in total. The maximum absolute atomic E-state index is 17.4. The Morgan fingerprint density at radius 2 is 1.37 bits per heavy atom. The van der Waals surface area contributed by atoms with Crippen molar-refractivity contribution >= 4 is 29.9 Å². The maximum atomic E-state index is 17.4. The molecular weight excluding hydrogens is 727 g/mol. The standard InChI is InChI=1S/C44H44BrFN4OSi/c1-7-31-27-37(40(46)38(28-31)51-52(5,6)43(2,3)4)41(48-36-25-23-32(29-47)24-26-36)42-49-39(45)30-50(42)44(33-17-11-8-12-18-33,34-19-13-9-14-20-34)35-21-15-10-16-22-35/h8-28,30,41,48H,7H2,1-6H3. The van der Waals surface area contributed by atoms with Crippen LogP contribution in [0, 0.1) is 17.1 Å². The normalized spacial score (nSPS) is 12.6. The van der Waals surface area contributed by atoms with Gasteiger partial charge in [-0.15, -0.1) is 0 Å². The molecule has 52 heavy (non-hydrogen) atoms. The molecule has 0 aliphatic rings. The van der Waals surface area contributed by atoms with Crippen LogP contribution >= 0.6 is 15.9 Å². The molecule has 0 aliphatic carbocycles. The molecule has 5 nitrogen and oxygen atoms in total. The van der Waals surface area contributed by atoms with Crippen molar-refractivity contribution in [3.63, 3.8) is 0 Å². The van der Waals surface area contributed by atoms with Gasteiger partial charge in [-0.25, -0.2) is 9.37 Å². The lowest BCUT2D eigenvalue weighted by Crippen LogP contribution is -2.44. The van der Waals surface area contributed by atoms with Gasteiger partial charge >= 0.3 is 0 Å². The molecule has 0 bridgehead atoms. The SMILES string of the molecule is CCc1cc(O[Si](C)(C)C(C)(C)C)c(F)c(C(Nc2ccc(C#N)cc2)c2nc(Br)cn2C(c2ccccc2)(c2ccccc2)c2ccccc2)c1. The van der Waals surface area contributed by atoms with Crippen molar-refractivity contribution in [1.82, 2.24) is 9.55 Å². The predicted octanol–water partition coefficient (Wildman–Crippen LogP) is 11.6. The third-order valence-electron chi connectivity index (χ3n) is 10.2. The summed E-state index contributed by atoms with van der Waals surface area (Å²) in [5, 5.41) is 13.1. The first-order valence-corrected chi connectivity index (χ1v) is 21.3. The van der Waals surface area contributed by atoms with Crippen LogP contribution in [-0.2, 0) is 12.0 Å². The molecule has 1 atom stereocenters. The first-order chi connectivity index (χ1) is 24.9. The fourth-order valence-corrected chi connectivity index (χ4v) is 7.87. The van der Waals surface area contributed by atoms with E-state index in [0.717, 1.165) is 22.3 Å². The summed E-state index contributed by atoms with van der Waals surface area (Å²) < 4.78 is 26.9. The lowest BCUT2D eigenvalue weighted by atomic mass is 9.76. The highest BCUT2D eigenvalue weighted by atomic mass is 79.9. The molecular formula is C44H44BrFN4OSi. The van der Waals surface area contributed by atoms with Gasteiger partial charge in [0, 0.05) is 17.4 Å². The van der Waals surface area contributed by atoms with Gasteiger partial charge in [-0.2, -0.15) is 5.26 Å². The van der Waals surface area contributed by atoms with Crippen molar-refractivity contribution in [3.05, 3.63) is 183 Å². The van der Waals surface area contributed by atoms with E-state index in [4.69, 9.17) is 9.41 Å². The Kier molecular flexibility index (Phi) is 10.6. The minimum absolute atomic E-state index is 0.135. The Bertz CT molecular complexity index is 2080. The van der Waals surface area contributed by atoms with Gasteiger partial charge < -0.3 is 14.3 Å². The number of hydrogen-bond donors (Lipinski definition) is 1. The monoisotopic (exact) mass is 770 g/mol. The lowest BCUT2D eigenvalue weighted by Gasteiger charge is -2.40. The molecule has 0 aliphatic heterocycles. The third-order valence-corrected chi connectivity index (χ3v) is 15.0. The number of hydrogen-bond acceptors (Lipinski definition) is 4. The van der Waals surface area contributed by atoms with E-state index in [1.54, 1.807) is 12.1 Å². The summed E-state index contributed by atoms with van der Waals surface area (Å²) in [5.41, 5.74) is 4.75. The summed E-state index contributed by atoms with van der Waals surface area (Å²) in [7, 11) is -2.42. The number of imidazole rings is 1. The van der Waals surface area contributed by atoms with Gasteiger partial charge in [0.05, 0.1) is 11.6 Å². The van der Waals surface area contributed by atoms with Crippen LogP contribution < -0.4 is 9.74 Å². The molecule has 1 heterocycles. The van der Waals surface area contributed by atoms with Crippen molar-refractivity contribution in [3.8, 4) is 11.8 Å². The lowest BCUT2D eigenvalue weighted by molar-refractivity contribution is 0.447. The number of anilines is 1. The van der Waals surface area contributed by atoms with Crippen LogP contribution in [0.25, 0.3) is 0 Å². The predicted molar refractivity (Wildman–Crippen MR) is 215 cm³/mol. The smallest absolute Gasteiger partial charge is 0.250 e. The number of nitrogens with one attached hydrogen (secondary N) is 1. The first-order valence-electron chi connectivity index (χ1n) is 17.6. The van der Waals surface area contributed by atoms with Gasteiger partial charge in [-0.1, -0.05) is 125 Å². The van der Waals surface area contributed by atoms with E-state index in [0.29, 0.717) is 33.7 Å². The highest BCUT2D eigenvalue weighted by molar-refractivity contribution is 9.10. The van der Waals surface area contributed by atoms with E-state index in [1.807, 2.05) is 85.1 Å². The molecule has 0 radical (unpaired) electrons. The Labute approximate surface area is 316 Å². The summed E-state index contributed by atoms with van der Waals surface area (Å²) in [4.78, 5) is 5.17. The molecule has 0 saturated heterocycles. The second-order valence-corrected chi connectivity index (χ2v) is 20.1. The first kappa shape index (κ1) is 36.8. The van der Waals surface area contributed by atoms with E-state index in [2.05, 4.69) is 109 Å². The Morgan fingerprint density at radius 1 is 0.846 bits per heavy atom. The van der Waals surface area contributed by atoms with Crippen LogP contribution in [0.4, 0.5) is 10.1 Å². The molecule has 1 unspecified atom stereocenters. The molecule has 0 saturated carbocycles. The zero-order valence-electron chi connectivity index (χ0n) is 30.5. The minimum Gasteiger partial charge on any atom is -0.542 e. The van der Waals surface area contributed by atoms with Gasteiger partial charge in [-0.3, -0.25) is 0 Å². The Morgan fingerprint density at radius 3 is 1.83 bits per heavy atom. The minimum atomic E-state index is -2.42. The van der Waals surface area contributed by atoms with Crippen LogP contribution in [0.1, 0.15) is 72.9 Å². The topological polar surface area (TPSA) is 62.9 Å². The average molecular weight is 772 g/mol. The summed E-state index contributed by atoms with van der Waals surface area (Å²) in [6.45, 7) is 12.8. The van der Waals surface area contributed by atoms with Crippen molar-refractivity contribution in [1.29, 1.82) is 5.26 Å². The number of nitriles is 1. The number of halogens is 2. The highest BCUT2D eigenvalue weighted by Crippen LogP contribution is 2.46. The number of nitrogens with zero attached hydrogens (tertiary/aromatic N) is 3. The van der Waals surface area contributed by atoms with Gasteiger partial charge in [0.2, 0.25) is 0 Å². The number of benzene rings is 5. The van der Waals surface area contributed by atoms with Crippen LogP contribution in [-0.4, -0.2) is 17.9 Å². The van der Waals surface area contributed by atoms with Crippen molar-refractivity contribution in [2.75, 3.05) is 5.32 Å². The summed E-state index contributed by atoms with van der Waals surface area (Å²) >= 11 is 3.75. The molecule has 6 aromatic rings. The molecule has 1 aromatic heterocycles. The summed E-state index contributed by atoms with van der Waals surface area (Å²) in [5.74, 6) is 0.409. The Balaban J connectivity index is 1.69. The van der Waals surface area contributed by atoms with Crippen LogP contribution in [0.15, 0.2) is 138 Å². The van der Waals surface area contributed by atoms with E-state index >= 15 is 4.39 Å². The number of rotatable bonds is 11. The van der Waals surface area contributed by atoms with Crippen LogP contribution in [0.2, 0.25) is 18.1 Å². The van der Waals surface area contributed by atoms with Gasteiger partial charge in [0.25, 0.3) is 8.32 Å². The third kappa shape index (κ3) is 7.08. The number of aryl methyl sites for hydroxylation is 1. The average Bonchev–Trinajstić information content (AvgIpc) is 3.54.